The molecule has 1 heterocycles. The number of aldehydes is 1. The van der Waals surface area contributed by atoms with Gasteiger partial charge in [-0.05, 0) is 32.6 Å². The fourth-order valence-corrected chi connectivity index (χ4v) is 3.61. The van der Waals surface area contributed by atoms with Gasteiger partial charge in [0.2, 0.25) is 11.8 Å². The molecule has 4 amide bonds. The zero-order chi connectivity index (χ0) is 28.0. The summed E-state index contributed by atoms with van der Waals surface area (Å²) in [6.45, 7) is 1.29. The van der Waals surface area contributed by atoms with Crippen LogP contribution in [-0.4, -0.2) is 83.4 Å². The Morgan fingerprint density at radius 3 is 2.42 bits per heavy atom. The average Bonchev–Trinajstić information content (AvgIpc) is 3.14. The molecule has 0 saturated carbocycles. The predicted octanol–water partition coefficient (Wildman–Crippen LogP) is -1.72. The molecule has 0 aliphatic carbocycles. The van der Waals surface area contributed by atoms with Crippen LogP contribution in [0.15, 0.2) is 17.1 Å². The molecule has 3 atom stereocenters. The molecule has 1 aliphatic rings. The van der Waals surface area contributed by atoms with Crippen LogP contribution in [0.1, 0.15) is 53.2 Å². The monoisotopic (exact) mass is 509 g/mol. The van der Waals surface area contributed by atoms with Crippen LogP contribution in [-0.2, 0) is 28.8 Å². The number of amides is 4. The Hall–Kier alpha value is -3.61. The molecule has 0 unspecified atom stereocenters. The van der Waals surface area contributed by atoms with Crippen molar-refractivity contribution in [1.82, 2.24) is 15.5 Å². The molecule has 0 aromatic carbocycles. The minimum Gasteiger partial charge on any atom is -0.391 e. The van der Waals surface area contributed by atoms with Crippen molar-refractivity contribution in [2.75, 3.05) is 19.6 Å². The number of ketones is 1. The molecule has 13 nitrogen and oxygen atoms in total. The largest absolute Gasteiger partial charge is 0.391 e. The molecule has 0 radical (unpaired) electrons. The number of guanidine groups is 1. The Morgan fingerprint density at radius 2 is 1.83 bits per heavy atom. The summed E-state index contributed by atoms with van der Waals surface area (Å²) in [5, 5.41) is 14.9. The molecule has 0 bridgehead atoms. The molecule has 7 N–H and O–H groups in total. The van der Waals surface area contributed by atoms with E-state index in [2.05, 4.69) is 15.6 Å². The van der Waals surface area contributed by atoms with Crippen molar-refractivity contribution in [2.24, 2.45) is 22.4 Å². The second-order valence-corrected chi connectivity index (χ2v) is 8.44. The van der Waals surface area contributed by atoms with Gasteiger partial charge in [-0.3, -0.25) is 33.9 Å². The molecular weight excluding hydrogens is 472 g/mol. The number of hydrogen-bond donors (Lipinski definition) is 5. The maximum atomic E-state index is 12.9. The first kappa shape index (κ1) is 28.6. The molecular formula is C23H36N6O7. The van der Waals surface area contributed by atoms with Crippen molar-refractivity contribution >= 4 is 41.6 Å². The maximum Gasteiger partial charge on any atom is 0.253 e. The zero-order valence-corrected chi connectivity index (χ0v) is 20.4. The number of aliphatic hydroxyl groups is 1. The van der Waals surface area contributed by atoms with Crippen LogP contribution in [0.25, 0.3) is 0 Å². The average molecular weight is 510 g/mol. The highest BCUT2D eigenvalue weighted by molar-refractivity contribution is 6.12. The Morgan fingerprint density at radius 1 is 1.17 bits per heavy atom. The van der Waals surface area contributed by atoms with Gasteiger partial charge in [0.1, 0.15) is 13.7 Å². The van der Waals surface area contributed by atoms with Crippen LogP contribution >= 0.6 is 0 Å². The quantitative estimate of drug-likeness (QED) is 0.0466. The standard InChI is InChI=1S/C23H36N6O7/c1-15(31)21(28-18(33)7-3-2-4-12-29-19(34)8-9-20(29)35)17(32)14-16(22(36)26-11-13-30)6-5-10-27-23(24)25/h8-9,13,15-16,21,31H,2-7,10-12,14H2,1H3,(H,26,36)(H,28,33)(H4,24,25,27)/t15-,16-,21+/m1/s1/i13D. The summed E-state index contributed by atoms with van der Waals surface area (Å²) in [4.78, 5) is 76.6. The number of Topliss-reactive ketones (excluding diaryl/α,β-unsaturated/α-hetero) is 1. The minimum atomic E-state index is -1.25. The summed E-state index contributed by atoms with van der Waals surface area (Å²) < 4.78 is 6.93. The number of unbranched alkanes of at least 4 members (excludes halogenated alkanes) is 2. The van der Waals surface area contributed by atoms with Crippen LogP contribution in [0.2, 0.25) is 0 Å². The molecule has 0 aromatic rings. The first-order valence-electron chi connectivity index (χ1n) is 12.3. The van der Waals surface area contributed by atoms with Crippen molar-refractivity contribution in [3.05, 3.63) is 12.2 Å². The van der Waals surface area contributed by atoms with Gasteiger partial charge < -0.3 is 32.0 Å². The van der Waals surface area contributed by atoms with E-state index in [1.807, 2.05) is 0 Å². The van der Waals surface area contributed by atoms with E-state index in [0.717, 1.165) is 4.90 Å². The third-order valence-electron chi connectivity index (χ3n) is 5.49. The topological polar surface area (TPSA) is 214 Å². The molecule has 1 rings (SSSR count). The fourth-order valence-electron chi connectivity index (χ4n) is 3.61. The van der Waals surface area contributed by atoms with Gasteiger partial charge in [0, 0.05) is 44.0 Å². The predicted molar refractivity (Wildman–Crippen MR) is 130 cm³/mol. The number of nitrogens with two attached hydrogens (primary N) is 2. The van der Waals surface area contributed by atoms with Crippen LogP contribution < -0.4 is 22.1 Å². The molecule has 36 heavy (non-hydrogen) atoms. The summed E-state index contributed by atoms with van der Waals surface area (Å²) in [6.07, 6.45) is 1.99. The zero-order valence-electron chi connectivity index (χ0n) is 21.4. The van der Waals surface area contributed by atoms with E-state index in [0.29, 0.717) is 25.7 Å². The third-order valence-corrected chi connectivity index (χ3v) is 5.49. The molecule has 200 valence electrons. The van der Waals surface area contributed by atoms with Crippen molar-refractivity contribution in [2.45, 2.75) is 64.0 Å². The van der Waals surface area contributed by atoms with Gasteiger partial charge in [-0.15, -0.1) is 0 Å². The summed E-state index contributed by atoms with van der Waals surface area (Å²) in [6, 6.07) is -1.25. The number of hydrogen-bond acceptors (Lipinski definition) is 8. The van der Waals surface area contributed by atoms with Crippen LogP contribution in [0, 0.1) is 5.92 Å². The Bertz CT molecular complexity index is 899. The van der Waals surface area contributed by atoms with Gasteiger partial charge in [0.05, 0.1) is 12.6 Å². The second-order valence-electron chi connectivity index (χ2n) is 8.44. The lowest BCUT2D eigenvalue weighted by atomic mass is 9.91. The summed E-state index contributed by atoms with van der Waals surface area (Å²) in [5.41, 5.74) is 10.6. The van der Waals surface area contributed by atoms with Gasteiger partial charge in [0.25, 0.3) is 11.8 Å². The summed E-state index contributed by atoms with van der Waals surface area (Å²) in [5.74, 6) is -3.39. The number of nitrogens with one attached hydrogen (secondary N) is 2. The fraction of sp³-hybridized carbons (Fsp3) is 0.609. The molecule has 0 saturated heterocycles. The summed E-state index contributed by atoms with van der Waals surface area (Å²) >= 11 is 0. The van der Waals surface area contributed by atoms with E-state index in [-0.39, 0.29) is 50.1 Å². The maximum absolute atomic E-state index is 12.9. The van der Waals surface area contributed by atoms with Gasteiger partial charge in [-0.2, -0.15) is 0 Å². The van der Waals surface area contributed by atoms with E-state index < -0.39 is 48.5 Å². The lowest BCUT2D eigenvalue weighted by Crippen LogP contribution is -2.48. The van der Waals surface area contributed by atoms with Gasteiger partial charge >= 0.3 is 0 Å². The molecule has 1 aliphatic heterocycles. The molecule has 0 fully saturated rings. The summed E-state index contributed by atoms with van der Waals surface area (Å²) in [7, 11) is 0. The molecule has 13 heteroatoms. The van der Waals surface area contributed by atoms with Crippen molar-refractivity contribution < 1.29 is 35.2 Å². The van der Waals surface area contributed by atoms with E-state index in [1.54, 1.807) is 0 Å². The van der Waals surface area contributed by atoms with Crippen molar-refractivity contribution in [3.63, 3.8) is 0 Å². The Labute approximate surface area is 211 Å². The number of imide groups is 1. The highest BCUT2D eigenvalue weighted by atomic mass is 16.3. The second kappa shape index (κ2) is 16.1. The lowest BCUT2D eigenvalue weighted by Gasteiger charge is -2.23. The van der Waals surface area contributed by atoms with Gasteiger partial charge in [0.15, 0.2) is 11.7 Å². The number of aliphatic hydroxyl groups excluding tert-OH is 1. The van der Waals surface area contributed by atoms with Crippen LogP contribution in [0.4, 0.5) is 0 Å². The van der Waals surface area contributed by atoms with Crippen LogP contribution in [0.5, 0.6) is 0 Å². The molecule has 0 aromatic heterocycles. The number of carbonyl (C=O) groups excluding carboxylic acids is 6. The van der Waals surface area contributed by atoms with E-state index in [1.165, 1.54) is 19.1 Å². The third kappa shape index (κ3) is 11.2. The minimum absolute atomic E-state index is 0.0602. The number of nitrogens with zero attached hydrogens (tertiary/aromatic N) is 2. The lowest BCUT2D eigenvalue weighted by molar-refractivity contribution is -0.137. The van der Waals surface area contributed by atoms with E-state index in [4.69, 9.17) is 12.8 Å². The number of rotatable bonds is 18. The van der Waals surface area contributed by atoms with Gasteiger partial charge in [-0.25, -0.2) is 0 Å². The first-order valence-corrected chi connectivity index (χ1v) is 11.8. The van der Waals surface area contributed by atoms with E-state index >= 15 is 0 Å². The van der Waals surface area contributed by atoms with Crippen molar-refractivity contribution in [3.8, 4) is 0 Å². The first-order chi connectivity index (χ1) is 17.4. The Kier molecular flexibility index (Phi) is 12.8. The molecule has 0 spiro atoms. The number of carbonyl (C=O) groups is 6. The smallest absolute Gasteiger partial charge is 0.253 e. The van der Waals surface area contributed by atoms with Crippen molar-refractivity contribution in [1.29, 1.82) is 0 Å². The Balaban J connectivity index is 2.60. The van der Waals surface area contributed by atoms with Gasteiger partial charge in [-0.1, -0.05) is 6.42 Å². The van der Waals surface area contributed by atoms with Crippen LogP contribution in [0.3, 0.4) is 0 Å². The highest BCUT2D eigenvalue weighted by Gasteiger charge is 2.30. The normalized spacial score (nSPS) is 15.6. The number of aliphatic imine (C=N–C) groups is 1. The van der Waals surface area contributed by atoms with E-state index in [9.17, 15) is 33.9 Å². The highest BCUT2D eigenvalue weighted by Crippen LogP contribution is 2.15. The SMILES string of the molecule is [2H]C(=O)CNC(=O)[C@H](CCCN=C(N)N)CC(=O)[C@@H](NC(=O)CCCCCN1C(=O)C=CC1=O)[C@@H](C)O.